The van der Waals surface area contributed by atoms with E-state index in [1.165, 1.54) is 5.56 Å². The molecule has 0 heterocycles. The molecule has 19 heavy (non-hydrogen) atoms. The largest absolute Gasteiger partial charge is 0.495 e. The SMILES string of the molecule is COc1ccc(C(C)C)cc1NC(=O)CNC(C)C. The molecule has 1 aromatic rings. The molecule has 0 aliphatic carbocycles. The predicted molar refractivity (Wildman–Crippen MR) is 78.9 cm³/mol. The second kappa shape index (κ2) is 7.14. The van der Waals surface area contributed by atoms with Crippen molar-refractivity contribution in [2.75, 3.05) is 19.0 Å². The van der Waals surface area contributed by atoms with Crippen LogP contribution in [-0.4, -0.2) is 25.6 Å². The van der Waals surface area contributed by atoms with E-state index >= 15 is 0 Å². The van der Waals surface area contributed by atoms with E-state index in [2.05, 4.69) is 24.5 Å². The number of carbonyl (C=O) groups is 1. The lowest BCUT2D eigenvalue weighted by Gasteiger charge is -2.14. The summed E-state index contributed by atoms with van der Waals surface area (Å²) < 4.78 is 5.27. The zero-order valence-corrected chi connectivity index (χ0v) is 12.4. The van der Waals surface area contributed by atoms with E-state index in [1.54, 1.807) is 7.11 Å². The van der Waals surface area contributed by atoms with Gasteiger partial charge in [-0.3, -0.25) is 4.79 Å². The lowest BCUT2D eigenvalue weighted by atomic mass is 10.0. The van der Waals surface area contributed by atoms with E-state index in [9.17, 15) is 4.79 Å². The summed E-state index contributed by atoms with van der Waals surface area (Å²) in [5.41, 5.74) is 1.90. The third-order valence-corrected chi connectivity index (χ3v) is 2.84. The summed E-state index contributed by atoms with van der Waals surface area (Å²) in [6.07, 6.45) is 0. The zero-order chi connectivity index (χ0) is 14.4. The van der Waals surface area contributed by atoms with Crippen molar-refractivity contribution in [3.8, 4) is 5.75 Å². The molecule has 0 aromatic heterocycles. The van der Waals surface area contributed by atoms with E-state index in [-0.39, 0.29) is 11.9 Å². The van der Waals surface area contributed by atoms with Gasteiger partial charge in [-0.1, -0.05) is 33.8 Å². The Morgan fingerprint density at radius 3 is 2.47 bits per heavy atom. The maximum Gasteiger partial charge on any atom is 0.238 e. The number of nitrogens with one attached hydrogen (secondary N) is 2. The summed E-state index contributed by atoms with van der Waals surface area (Å²) in [6.45, 7) is 8.55. The van der Waals surface area contributed by atoms with Gasteiger partial charge in [0.15, 0.2) is 0 Å². The Balaban J connectivity index is 2.80. The van der Waals surface area contributed by atoms with Crippen LogP contribution in [-0.2, 0) is 4.79 Å². The Hall–Kier alpha value is -1.55. The normalized spacial score (nSPS) is 10.9. The van der Waals surface area contributed by atoms with Crippen LogP contribution in [0.3, 0.4) is 0 Å². The molecule has 0 atom stereocenters. The minimum atomic E-state index is -0.0621. The smallest absolute Gasteiger partial charge is 0.238 e. The van der Waals surface area contributed by atoms with Crippen molar-refractivity contribution >= 4 is 11.6 Å². The average molecular weight is 264 g/mol. The van der Waals surface area contributed by atoms with Crippen LogP contribution in [0.1, 0.15) is 39.2 Å². The van der Waals surface area contributed by atoms with Gasteiger partial charge in [-0.05, 0) is 23.6 Å². The number of hydrogen-bond acceptors (Lipinski definition) is 3. The number of benzene rings is 1. The van der Waals surface area contributed by atoms with Gasteiger partial charge in [0, 0.05) is 6.04 Å². The number of amides is 1. The van der Waals surface area contributed by atoms with Gasteiger partial charge in [0.25, 0.3) is 0 Å². The Labute approximate surface area is 115 Å². The molecule has 0 saturated heterocycles. The molecule has 0 aliphatic heterocycles. The molecule has 0 bridgehead atoms. The highest BCUT2D eigenvalue weighted by Gasteiger charge is 2.10. The number of methoxy groups -OCH3 is 1. The Kier molecular flexibility index (Phi) is 5.83. The highest BCUT2D eigenvalue weighted by atomic mass is 16.5. The van der Waals surface area contributed by atoms with E-state index in [1.807, 2.05) is 32.0 Å². The zero-order valence-electron chi connectivity index (χ0n) is 12.4. The van der Waals surface area contributed by atoms with Crippen LogP contribution in [0.25, 0.3) is 0 Å². The minimum Gasteiger partial charge on any atom is -0.495 e. The summed E-state index contributed by atoms with van der Waals surface area (Å²) in [6, 6.07) is 6.16. The highest BCUT2D eigenvalue weighted by molar-refractivity contribution is 5.93. The minimum absolute atomic E-state index is 0.0621. The molecular formula is C15H24N2O2. The maximum absolute atomic E-state index is 11.8. The predicted octanol–water partition coefficient (Wildman–Crippen LogP) is 2.76. The van der Waals surface area contributed by atoms with Crippen LogP contribution in [0.5, 0.6) is 5.75 Å². The van der Waals surface area contributed by atoms with Gasteiger partial charge in [0.05, 0.1) is 19.3 Å². The van der Waals surface area contributed by atoms with Crippen molar-refractivity contribution in [1.82, 2.24) is 5.32 Å². The van der Waals surface area contributed by atoms with Crippen LogP contribution in [0.4, 0.5) is 5.69 Å². The fraction of sp³-hybridized carbons (Fsp3) is 0.533. The molecule has 0 unspecified atom stereocenters. The van der Waals surface area contributed by atoms with Gasteiger partial charge in [-0.2, -0.15) is 0 Å². The van der Waals surface area contributed by atoms with E-state index in [4.69, 9.17) is 4.74 Å². The molecule has 0 aliphatic rings. The number of hydrogen-bond donors (Lipinski definition) is 2. The molecule has 1 aromatic carbocycles. The van der Waals surface area contributed by atoms with Crippen molar-refractivity contribution in [3.63, 3.8) is 0 Å². The van der Waals surface area contributed by atoms with Crippen LogP contribution in [0.15, 0.2) is 18.2 Å². The quantitative estimate of drug-likeness (QED) is 0.830. The molecule has 2 N–H and O–H groups in total. The molecule has 0 radical (unpaired) electrons. The van der Waals surface area contributed by atoms with E-state index in [0.717, 1.165) is 5.69 Å². The van der Waals surface area contributed by atoms with Gasteiger partial charge in [-0.25, -0.2) is 0 Å². The van der Waals surface area contributed by atoms with Gasteiger partial charge >= 0.3 is 0 Å². The van der Waals surface area contributed by atoms with Crippen molar-refractivity contribution in [3.05, 3.63) is 23.8 Å². The number of ether oxygens (including phenoxy) is 1. The molecule has 106 valence electrons. The summed E-state index contributed by atoms with van der Waals surface area (Å²) in [4.78, 5) is 11.8. The monoisotopic (exact) mass is 264 g/mol. The van der Waals surface area contributed by atoms with Gasteiger partial charge in [0.1, 0.15) is 5.75 Å². The first kappa shape index (κ1) is 15.5. The van der Waals surface area contributed by atoms with Gasteiger partial charge in [-0.15, -0.1) is 0 Å². The van der Waals surface area contributed by atoms with Crippen molar-refractivity contribution in [2.24, 2.45) is 0 Å². The van der Waals surface area contributed by atoms with Crippen LogP contribution in [0, 0.1) is 0 Å². The highest BCUT2D eigenvalue weighted by Crippen LogP contribution is 2.28. The fourth-order valence-corrected chi connectivity index (χ4v) is 1.67. The summed E-state index contributed by atoms with van der Waals surface area (Å²) in [5.74, 6) is 1.03. The lowest BCUT2D eigenvalue weighted by molar-refractivity contribution is -0.115. The van der Waals surface area contributed by atoms with Crippen molar-refractivity contribution < 1.29 is 9.53 Å². The van der Waals surface area contributed by atoms with Crippen LogP contribution in [0.2, 0.25) is 0 Å². The fourth-order valence-electron chi connectivity index (χ4n) is 1.67. The lowest BCUT2D eigenvalue weighted by Crippen LogP contribution is -2.32. The average Bonchev–Trinajstić information content (AvgIpc) is 2.36. The molecule has 0 spiro atoms. The Morgan fingerprint density at radius 2 is 1.95 bits per heavy atom. The second-order valence-electron chi connectivity index (χ2n) is 5.20. The van der Waals surface area contributed by atoms with Crippen molar-refractivity contribution in [2.45, 2.75) is 39.7 Å². The first-order valence-corrected chi connectivity index (χ1v) is 6.65. The molecule has 0 saturated carbocycles. The molecular weight excluding hydrogens is 240 g/mol. The number of rotatable bonds is 6. The third kappa shape index (κ3) is 4.91. The molecule has 4 nitrogen and oxygen atoms in total. The standard InChI is InChI=1S/C15H24N2O2/c1-10(2)12-6-7-14(19-5)13(8-12)17-15(18)9-16-11(3)4/h6-8,10-11,16H,9H2,1-5H3,(H,17,18). The number of anilines is 1. The van der Waals surface area contributed by atoms with E-state index < -0.39 is 0 Å². The van der Waals surface area contributed by atoms with Gasteiger partial charge in [0.2, 0.25) is 5.91 Å². The van der Waals surface area contributed by atoms with Crippen LogP contribution < -0.4 is 15.4 Å². The van der Waals surface area contributed by atoms with Gasteiger partial charge < -0.3 is 15.4 Å². The summed E-state index contributed by atoms with van der Waals surface area (Å²) in [7, 11) is 1.60. The van der Waals surface area contributed by atoms with Crippen LogP contribution >= 0.6 is 0 Å². The topological polar surface area (TPSA) is 50.4 Å². The number of carbonyl (C=O) groups excluding carboxylic acids is 1. The second-order valence-corrected chi connectivity index (χ2v) is 5.20. The van der Waals surface area contributed by atoms with Crippen molar-refractivity contribution in [1.29, 1.82) is 0 Å². The summed E-state index contributed by atoms with van der Waals surface area (Å²) in [5, 5.41) is 5.97. The first-order chi connectivity index (χ1) is 8.93. The molecule has 1 amide bonds. The molecule has 4 heteroatoms. The third-order valence-electron chi connectivity index (χ3n) is 2.84. The Morgan fingerprint density at radius 1 is 1.26 bits per heavy atom. The first-order valence-electron chi connectivity index (χ1n) is 6.65. The van der Waals surface area contributed by atoms with E-state index in [0.29, 0.717) is 18.2 Å². The molecule has 0 fully saturated rings. The summed E-state index contributed by atoms with van der Waals surface area (Å²) >= 11 is 0. The molecule has 1 rings (SSSR count). The Bertz CT molecular complexity index is 428. The maximum atomic E-state index is 11.8.